The molecule has 0 saturated heterocycles. The molecular formula is C10H10ClN3O2. The van der Waals surface area contributed by atoms with E-state index in [-0.39, 0.29) is 6.61 Å². The number of halogens is 1. The van der Waals surface area contributed by atoms with Crippen molar-refractivity contribution in [3.8, 4) is 5.75 Å². The Morgan fingerprint density at radius 3 is 2.94 bits per heavy atom. The van der Waals surface area contributed by atoms with E-state index < -0.39 is 0 Å². The minimum atomic E-state index is 0.273. The van der Waals surface area contributed by atoms with Gasteiger partial charge in [0.15, 0.2) is 5.76 Å². The van der Waals surface area contributed by atoms with Gasteiger partial charge in [-0.25, -0.2) is 0 Å². The van der Waals surface area contributed by atoms with E-state index in [1.165, 1.54) is 6.20 Å². The van der Waals surface area contributed by atoms with E-state index in [0.29, 0.717) is 28.8 Å². The Labute approximate surface area is 97.2 Å². The van der Waals surface area contributed by atoms with Crippen molar-refractivity contribution in [3.63, 3.8) is 0 Å². The Balaban J connectivity index is 1.96. The number of hydrogen-bond donors (Lipinski definition) is 1. The van der Waals surface area contributed by atoms with Crippen molar-refractivity contribution in [3.05, 3.63) is 41.0 Å². The summed E-state index contributed by atoms with van der Waals surface area (Å²) in [5.74, 6) is 1.19. The molecule has 0 amide bonds. The Bertz CT molecular complexity index is 473. The minimum Gasteiger partial charge on any atom is -0.484 e. The van der Waals surface area contributed by atoms with Crippen molar-refractivity contribution in [2.75, 3.05) is 0 Å². The van der Waals surface area contributed by atoms with Gasteiger partial charge >= 0.3 is 0 Å². The fraction of sp³-hybridized carbons (Fsp3) is 0.200. The first-order valence-electron chi connectivity index (χ1n) is 4.66. The Morgan fingerprint density at radius 2 is 2.25 bits per heavy atom. The van der Waals surface area contributed by atoms with Crippen molar-refractivity contribution in [1.82, 2.24) is 10.1 Å². The van der Waals surface area contributed by atoms with Crippen LogP contribution < -0.4 is 10.5 Å². The molecular weight excluding hydrogens is 230 g/mol. The normalized spacial score (nSPS) is 10.4. The Hall–Kier alpha value is -1.59. The maximum atomic E-state index is 5.76. The lowest BCUT2D eigenvalue weighted by molar-refractivity contribution is 0.248. The van der Waals surface area contributed by atoms with Gasteiger partial charge in [0, 0.05) is 24.9 Å². The van der Waals surface area contributed by atoms with Crippen LogP contribution in [-0.2, 0) is 13.2 Å². The molecule has 6 heteroatoms. The van der Waals surface area contributed by atoms with Gasteiger partial charge in [0.1, 0.15) is 12.4 Å². The van der Waals surface area contributed by atoms with Gasteiger partial charge in [-0.05, 0) is 0 Å². The Morgan fingerprint density at radius 1 is 1.38 bits per heavy atom. The van der Waals surface area contributed by atoms with Gasteiger partial charge in [0.05, 0.1) is 16.9 Å². The molecule has 0 bridgehead atoms. The maximum Gasteiger partial charge on any atom is 0.174 e. The highest BCUT2D eigenvalue weighted by molar-refractivity contribution is 6.30. The molecule has 5 nitrogen and oxygen atoms in total. The van der Waals surface area contributed by atoms with Crippen LogP contribution in [0.3, 0.4) is 0 Å². The van der Waals surface area contributed by atoms with Crippen LogP contribution in [0.1, 0.15) is 11.5 Å². The molecule has 0 aromatic carbocycles. The molecule has 2 rings (SSSR count). The van der Waals surface area contributed by atoms with Crippen LogP contribution in [0.25, 0.3) is 0 Å². The molecule has 0 atom stereocenters. The quantitative estimate of drug-likeness (QED) is 0.880. The zero-order chi connectivity index (χ0) is 11.4. The van der Waals surface area contributed by atoms with Gasteiger partial charge in [-0.1, -0.05) is 16.8 Å². The van der Waals surface area contributed by atoms with Crippen molar-refractivity contribution >= 4 is 11.6 Å². The van der Waals surface area contributed by atoms with Gasteiger partial charge in [-0.15, -0.1) is 0 Å². The second-order valence-corrected chi connectivity index (χ2v) is 3.55. The van der Waals surface area contributed by atoms with Crippen molar-refractivity contribution in [2.45, 2.75) is 13.2 Å². The second-order valence-electron chi connectivity index (χ2n) is 3.12. The van der Waals surface area contributed by atoms with Gasteiger partial charge in [0.25, 0.3) is 0 Å². The Kier molecular flexibility index (Phi) is 3.38. The minimum absolute atomic E-state index is 0.273. The lowest BCUT2D eigenvalue weighted by Crippen LogP contribution is -1.96. The number of ether oxygens (including phenoxy) is 1. The van der Waals surface area contributed by atoms with Crippen LogP contribution in [0, 0.1) is 0 Å². The SMILES string of the molecule is NCc1cc(COc2cncc(Cl)c2)on1. The molecule has 16 heavy (non-hydrogen) atoms. The molecule has 0 radical (unpaired) electrons. The van der Waals surface area contributed by atoms with Crippen molar-refractivity contribution in [1.29, 1.82) is 0 Å². The third-order valence-corrected chi connectivity index (χ3v) is 2.08. The monoisotopic (exact) mass is 239 g/mol. The molecule has 2 aromatic heterocycles. The topological polar surface area (TPSA) is 74.2 Å². The second kappa shape index (κ2) is 4.96. The number of rotatable bonds is 4. The smallest absolute Gasteiger partial charge is 0.174 e. The van der Waals surface area contributed by atoms with E-state index in [0.717, 1.165) is 0 Å². The van der Waals surface area contributed by atoms with Crippen LogP contribution in [0.15, 0.2) is 29.0 Å². The van der Waals surface area contributed by atoms with Crippen molar-refractivity contribution < 1.29 is 9.26 Å². The molecule has 0 aliphatic rings. The summed E-state index contributed by atoms with van der Waals surface area (Å²) in [6.45, 7) is 0.622. The molecule has 0 spiro atoms. The molecule has 0 aliphatic heterocycles. The van der Waals surface area contributed by atoms with Gasteiger partial charge in [-0.3, -0.25) is 4.98 Å². The first kappa shape index (κ1) is 10.9. The number of nitrogens with zero attached hydrogens (tertiary/aromatic N) is 2. The largest absolute Gasteiger partial charge is 0.484 e. The van der Waals surface area contributed by atoms with Crippen LogP contribution in [-0.4, -0.2) is 10.1 Å². The summed E-state index contributed by atoms with van der Waals surface area (Å²) in [6, 6.07) is 3.42. The fourth-order valence-electron chi connectivity index (χ4n) is 1.15. The van der Waals surface area contributed by atoms with Gasteiger partial charge in [0.2, 0.25) is 0 Å². The summed E-state index contributed by atoms with van der Waals surface area (Å²) in [5.41, 5.74) is 6.10. The molecule has 2 heterocycles. The molecule has 2 aromatic rings. The fourth-order valence-corrected chi connectivity index (χ4v) is 1.31. The zero-order valence-electron chi connectivity index (χ0n) is 8.39. The van der Waals surface area contributed by atoms with Crippen LogP contribution in [0.4, 0.5) is 0 Å². The van der Waals surface area contributed by atoms with Crippen LogP contribution >= 0.6 is 11.6 Å². The molecule has 0 aliphatic carbocycles. The van der Waals surface area contributed by atoms with E-state index in [9.17, 15) is 0 Å². The summed E-state index contributed by atoms with van der Waals surface area (Å²) >= 11 is 5.76. The lowest BCUT2D eigenvalue weighted by Gasteiger charge is -2.02. The number of nitrogens with two attached hydrogens (primary N) is 1. The molecule has 0 fully saturated rings. The van der Waals surface area contributed by atoms with E-state index in [2.05, 4.69) is 10.1 Å². The molecule has 2 N–H and O–H groups in total. The highest BCUT2D eigenvalue weighted by Gasteiger charge is 2.04. The van der Waals surface area contributed by atoms with E-state index in [1.807, 2.05) is 0 Å². The predicted molar refractivity (Wildman–Crippen MR) is 58.0 cm³/mol. The average Bonchev–Trinajstić information content (AvgIpc) is 2.74. The highest BCUT2D eigenvalue weighted by Crippen LogP contribution is 2.16. The van der Waals surface area contributed by atoms with Crippen LogP contribution in [0.5, 0.6) is 5.75 Å². The highest BCUT2D eigenvalue weighted by atomic mass is 35.5. The number of aromatic nitrogens is 2. The first-order valence-corrected chi connectivity index (χ1v) is 5.03. The summed E-state index contributed by atoms with van der Waals surface area (Å²) in [5, 5.41) is 4.27. The maximum absolute atomic E-state index is 5.76. The summed E-state index contributed by atoms with van der Waals surface area (Å²) < 4.78 is 10.4. The van der Waals surface area contributed by atoms with E-state index in [4.69, 9.17) is 26.6 Å². The molecule has 0 saturated carbocycles. The summed E-state index contributed by atoms with van der Waals surface area (Å²) in [4.78, 5) is 3.89. The molecule has 0 unspecified atom stereocenters. The first-order chi connectivity index (χ1) is 7.78. The third-order valence-electron chi connectivity index (χ3n) is 1.88. The van der Waals surface area contributed by atoms with Crippen molar-refractivity contribution in [2.24, 2.45) is 5.73 Å². The average molecular weight is 240 g/mol. The standard InChI is InChI=1S/C10H10ClN3O2/c11-7-1-9(5-13-4-7)15-6-10-2-8(3-12)14-16-10/h1-2,4-5H,3,6,12H2. The summed E-state index contributed by atoms with van der Waals surface area (Å²) in [7, 11) is 0. The predicted octanol–water partition coefficient (Wildman–Crippen LogP) is 1.76. The lowest BCUT2D eigenvalue weighted by atomic mass is 10.4. The van der Waals surface area contributed by atoms with Gasteiger partial charge < -0.3 is 15.0 Å². The van der Waals surface area contributed by atoms with E-state index in [1.54, 1.807) is 18.3 Å². The van der Waals surface area contributed by atoms with Gasteiger partial charge in [-0.2, -0.15) is 0 Å². The number of hydrogen-bond acceptors (Lipinski definition) is 5. The number of pyridine rings is 1. The van der Waals surface area contributed by atoms with Crippen LogP contribution in [0.2, 0.25) is 5.02 Å². The van der Waals surface area contributed by atoms with E-state index >= 15 is 0 Å². The molecule has 84 valence electrons. The summed E-state index contributed by atoms with van der Waals surface area (Å²) in [6.07, 6.45) is 3.11. The zero-order valence-corrected chi connectivity index (χ0v) is 9.15. The third kappa shape index (κ3) is 2.71.